The monoisotopic (exact) mass is 476 g/mol. The Labute approximate surface area is 195 Å². The molecule has 3 fully saturated rings. The number of anilines is 1. The van der Waals surface area contributed by atoms with Gasteiger partial charge in [-0.15, -0.1) is 0 Å². The van der Waals surface area contributed by atoms with Crippen LogP contribution in [0.1, 0.15) is 33.6 Å². The molecule has 3 aliphatic rings. The number of rotatable bonds is 5. The highest BCUT2D eigenvalue weighted by Gasteiger charge is 2.51. The lowest BCUT2D eigenvalue weighted by Crippen LogP contribution is -2.56. The van der Waals surface area contributed by atoms with E-state index < -0.39 is 21.7 Å². The maximum Gasteiger partial charge on any atom is 0.241 e. The summed E-state index contributed by atoms with van der Waals surface area (Å²) >= 11 is 0. The van der Waals surface area contributed by atoms with Crippen molar-refractivity contribution in [2.24, 2.45) is 11.8 Å². The van der Waals surface area contributed by atoms with E-state index in [9.17, 15) is 18.5 Å². The highest BCUT2D eigenvalue weighted by Crippen LogP contribution is 2.33. The minimum Gasteiger partial charge on any atom is -0.380 e. The highest BCUT2D eigenvalue weighted by atomic mass is 32.2. The largest absolute Gasteiger partial charge is 0.380 e. The van der Waals surface area contributed by atoms with E-state index in [1.54, 1.807) is 45.0 Å². The van der Waals surface area contributed by atoms with Crippen molar-refractivity contribution >= 4 is 21.6 Å². The first kappa shape index (κ1) is 23.9. The molecule has 11 heteroatoms. The van der Waals surface area contributed by atoms with Gasteiger partial charge in [0.1, 0.15) is 6.17 Å². The van der Waals surface area contributed by atoms with E-state index in [0.29, 0.717) is 31.9 Å². The van der Waals surface area contributed by atoms with Gasteiger partial charge < -0.3 is 15.4 Å². The number of nitrogens with one attached hydrogen (secondary N) is 4. The van der Waals surface area contributed by atoms with Crippen molar-refractivity contribution in [3.8, 4) is 6.07 Å². The van der Waals surface area contributed by atoms with E-state index in [1.165, 1.54) is 0 Å². The van der Waals surface area contributed by atoms with Crippen LogP contribution >= 0.6 is 0 Å². The molecule has 3 heterocycles. The van der Waals surface area contributed by atoms with Gasteiger partial charge in [0.15, 0.2) is 0 Å². The first-order chi connectivity index (χ1) is 15.6. The molecule has 3 aliphatic heterocycles. The van der Waals surface area contributed by atoms with E-state index in [4.69, 9.17) is 4.74 Å². The number of benzene rings is 1. The summed E-state index contributed by atoms with van der Waals surface area (Å²) in [4.78, 5) is 12.9. The number of carbonyl (C=O) groups is 1. The highest BCUT2D eigenvalue weighted by molar-refractivity contribution is 7.89. The average molecular weight is 477 g/mol. The quantitative estimate of drug-likeness (QED) is 0.489. The van der Waals surface area contributed by atoms with Crippen LogP contribution in [0.5, 0.6) is 0 Å². The van der Waals surface area contributed by atoms with Gasteiger partial charge in [-0.05, 0) is 57.9 Å². The molecular formula is C22H32N6O4S. The summed E-state index contributed by atoms with van der Waals surface area (Å²) in [5, 5.41) is 18.0. The van der Waals surface area contributed by atoms with Crippen molar-refractivity contribution in [2.45, 2.75) is 62.3 Å². The van der Waals surface area contributed by atoms with Crippen molar-refractivity contribution in [2.75, 3.05) is 25.1 Å². The van der Waals surface area contributed by atoms with Crippen molar-refractivity contribution in [3.63, 3.8) is 0 Å². The third-order valence-electron chi connectivity index (χ3n) is 6.24. The van der Waals surface area contributed by atoms with Gasteiger partial charge in [-0.3, -0.25) is 4.79 Å². The molecule has 0 radical (unpaired) electrons. The van der Waals surface area contributed by atoms with Crippen molar-refractivity contribution in [1.29, 1.82) is 5.26 Å². The van der Waals surface area contributed by atoms with Crippen LogP contribution in [0.15, 0.2) is 29.2 Å². The van der Waals surface area contributed by atoms with Crippen LogP contribution in [0.3, 0.4) is 0 Å². The number of nitriles is 1. The van der Waals surface area contributed by atoms with Crippen molar-refractivity contribution in [3.05, 3.63) is 24.3 Å². The summed E-state index contributed by atoms with van der Waals surface area (Å²) in [5.41, 5.74) is 3.53. The molecular weight excluding hydrogens is 444 g/mol. The predicted molar refractivity (Wildman–Crippen MR) is 122 cm³/mol. The molecule has 33 heavy (non-hydrogen) atoms. The van der Waals surface area contributed by atoms with E-state index >= 15 is 0 Å². The first-order valence-electron chi connectivity index (χ1n) is 11.3. The molecule has 4 rings (SSSR count). The molecule has 1 aromatic rings. The van der Waals surface area contributed by atoms with Crippen molar-refractivity contribution in [1.82, 2.24) is 20.5 Å². The molecule has 0 aromatic heterocycles. The molecule has 0 saturated carbocycles. The zero-order chi connectivity index (χ0) is 23.8. The van der Waals surface area contributed by atoms with Gasteiger partial charge in [0, 0.05) is 30.4 Å². The fourth-order valence-electron chi connectivity index (χ4n) is 4.82. The van der Waals surface area contributed by atoms with Crippen LogP contribution in [0, 0.1) is 23.2 Å². The third kappa shape index (κ3) is 5.15. The van der Waals surface area contributed by atoms with Crippen LogP contribution in [-0.4, -0.2) is 62.9 Å². The van der Waals surface area contributed by atoms with Gasteiger partial charge in [0.05, 0.1) is 35.4 Å². The van der Waals surface area contributed by atoms with E-state index in [2.05, 4.69) is 26.9 Å². The summed E-state index contributed by atoms with van der Waals surface area (Å²) in [5.74, 6) is -0.570. The lowest BCUT2D eigenvalue weighted by Gasteiger charge is -2.39. The number of hydrazine groups is 1. The standard InChI is InChI=1S/C22H32N6O4S/c1-22(2,3)27-33(30,31)16-6-4-15(5-7-16)25-20-19-17(8-10-24-21(19)29)28(26-20)18-13-32-11-9-14(18)12-23/h4-7,14,17-20,25-27H,8-11,13H2,1-3H3,(H,24,29)/t14-,17?,18+,19?,20?/m1/s1. The molecule has 3 unspecified atom stereocenters. The Morgan fingerprint density at radius 1 is 1.18 bits per heavy atom. The van der Waals surface area contributed by atoms with Gasteiger partial charge in [0.2, 0.25) is 15.9 Å². The minimum atomic E-state index is -3.63. The maximum absolute atomic E-state index is 12.8. The van der Waals surface area contributed by atoms with E-state index in [0.717, 1.165) is 6.42 Å². The molecule has 5 atom stereocenters. The number of ether oxygens (including phenoxy) is 1. The number of nitrogens with zero attached hydrogens (tertiary/aromatic N) is 2. The number of piperidine rings is 1. The smallest absolute Gasteiger partial charge is 0.241 e. The Morgan fingerprint density at radius 2 is 1.91 bits per heavy atom. The van der Waals surface area contributed by atoms with E-state index in [-0.39, 0.29) is 34.7 Å². The fraction of sp³-hybridized carbons (Fsp3) is 0.636. The van der Waals surface area contributed by atoms with Gasteiger partial charge in [-0.25, -0.2) is 23.6 Å². The number of hydrogen-bond acceptors (Lipinski definition) is 8. The second kappa shape index (κ2) is 9.19. The summed E-state index contributed by atoms with van der Waals surface area (Å²) in [6.45, 7) is 6.96. The van der Waals surface area contributed by atoms with Crippen LogP contribution in [0.4, 0.5) is 5.69 Å². The number of carbonyl (C=O) groups excluding carboxylic acids is 1. The number of fused-ring (bicyclic) bond motifs is 1. The molecule has 0 aliphatic carbocycles. The second-order valence-corrected chi connectivity index (χ2v) is 11.6. The van der Waals surface area contributed by atoms with E-state index in [1.807, 2.05) is 5.01 Å². The Morgan fingerprint density at radius 3 is 2.58 bits per heavy atom. The summed E-state index contributed by atoms with van der Waals surface area (Å²) in [6.07, 6.45) is 1.04. The van der Waals surface area contributed by atoms with Gasteiger partial charge >= 0.3 is 0 Å². The van der Waals surface area contributed by atoms with Crippen molar-refractivity contribution < 1.29 is 17.9 Å². The lowest BCUT2D eigenvalue weighted by molar-refractivity contribution is -0.128. The SMILES string of the molecule is CC(C)(C)NS(=O)(=O)c1ccc(NC2NN([C@H]3COCC[C@@H]3C#N)C3CCNC(=O)C23)cc1. The average Bonchev–Trinajstić information content (AvgIpc) is 3.12. The Kier molecular flexibility index (Phi) is 6.66. The molecule has 1 aromatic carbocycles. The fourth-order valence-corrected chi connectivity index (χ4v) is 6.24. The lowest BCUT2D eigenvalue weighted by atomic mass is 9.88. The zero-order valence-corrected chi connectivity index (χ0v) is 20.0. The molecule has 4 N–H and O–H groups in total. The summed E-state index contributed by atoms with van der Waals surface area (Å²) in [6, 6.07) is 8.67. The number of hydrogen-bond donors (Lipinski definition) is 4. The zero-order valence-electron chi connectivity index (χ0n) is 19.2. The summed E-state index contributed by atoms with van der Waals surface area (Å²) in [7, 11) is -3.63. The Bertz CT molecular complexity index is 1020. The predicted octanol–water partition coefficient (Wildman–Crippen LogP) is 0.755. The first-order valence-corrected chi connectivity index (χ1v) is 12.8. The second-order valence-electron chi connectivity index (χ2n) is 9.88. The van der Waals surface area contributed by atoms with Crippen LogP contribution in [-0.2, 0) is 19.6 Å². The van der Waals surface area contributed by atoms with Gasteiger partial charge in [0.25, 0.3) is 0 Å². The van der Waals surface area contributed by atoms with Crippen LogP contribution in [0.2, 0.25) is 0 Å². The summed E-state index contributed by atoms with van der Waals surface area (Å²) < 4.78 is 33.4. The Hall–Kier alpha value is -2.23. The number of sulfonamides is 1. The normalized spacial score (nSPS) is 30.8. The molecule has 0 spiro atoms. The van der Waals surface area contributed by atoms with Crippen LogP contribution < -0.4 is 20.8 Å². The molecule has 3 saturated heterocycles. The molecule has 0 bridgehead atoms. The third-order valence-corrected chi connectivity index (χ3v) is 8.01. The molecule has 180 valence electrons. The van der Waals surface area contributed by atoms with Gasteiger partial charge in [-0.2, -0.15) is 5.26 Å². The topological polar surface area (TPSA) is 136 Å². The molecule has 10 nitrogen and oxygen atoms in total. The van der Waals surface area contributed by atoms with Gasteiger partial charge in [-0.1, -0.05) is 0 Å². The maximum atomic E-state index is 12.8. The Balaban J connectivity index is 1.52. The van der Waals surface area contributed by atoms with Crippen LogP contribution in [0.25, 0.3) is 0 Å². The number of amides is 1. The minimum absolute atomic E-state index is 0.0439. The molecule has 1 amide bonds.